The summed E-state index contributed by atoms with van der Waals surface area (Å²) in [6.07, 6.45) is 3.76. The van der Waals surface area contributed by atoms with Crippen LogP contribution in [0.5, 0.6) is 0 Å². The molecule has 7 rings (SSSR count). The van der Waals surface area contributed by atoms with Crippen molar-refractivity contribution >= 4 is 45.0 Å². The first-order valence-electron chi connectivity index (χ1n) is 11.9. The van der Waals surface area contributed by atoms with E-state index in [0.29, 0.717) is 5.65 Å². The number of nitrogens with zero attached hydrogens (tertiary/aromatic N) is 2. The van der Waals surface area contributed by atoms with Gasteiger partial charge in [-0.3, -0.25) is 0 Å². The van der Waals surface area contributed by atoms with E-state index >= 15 is 0 Å². The molecule has 7 aromatic rings. The standard InChI is InChI=1S/C31H20N2O3S/c1-3-10-21(11-4-1)22-18-27-28(26-16-9-15-25-24-14-7-8-17-29(24)34-30(25)26)20-33(31(27)32-19-22)35-36-37-23-12-5-2-6-13-23/h1-20H. The van der Waals surface area contributed by atoms with Crippen LogP contribution in [0, 0.1) is 0 Å². The topological polar surface area (TPSA) is 49.4 Å². The van der Waals surface area contributed by atoms with Gasteiger partial charge in [0.15, 0.2) is 5.65 Å². The molecule has 4 aromatic carbocycles. The zero-order valence-electron chi connectivity index (χ0n) is 19.6. The summed E-state index contributed by atoms with van der Waals surface area (Å²) in [4.78, 5) is 11.4. The van der Waals surface area contributed by atoms with Crippen molar-refractivity contribution in [2.24, 2.45) is 0 Å². The van der Waals surface area contributed by atoms with E-state index < -0.39 is 0 Å². The lowest BCUT2D eigenvalue weighted by molar-refractivity contribution is -0.188. The largest absolute Gasteiger partial charge is 0.455 e. The third-order valence-corrected chi connectivity index (χ3v) is 6.99. The van der Waals surface area contributed by atoms with Crippen molar-refractivity contribution in [3.63, 3.8) is 0 Å². The van der Waals surface area contributed by atoms with E-state index in [1.807, 2.05) is 79.1 Å². The molecule has 5 nitrogen and oxygen atoms in total. The van der Waals surface area contributed by atoms with Gasteiger partial charge in [0.2, 0.25) is 0 Å². The summed E-state index contributed by atoms with van der Waals surface area (Å²) in [6.45, 7) is 0. The van der Waals surface area contributed by atoms with Crippen molar-refractivity contribution in [3.05, 3.63) is 122 Å². The van der Waals surface area contributed by atoms with Gasteiger partial charge in [-0.05, 0) is 29.8 Å². The van der Waals surface area contributed by atoms with E-state index in [2.05, 4.69) is 42.5 Å². The van der Waals surface area contributed by atoms with Gasteiger partial charge in [-0.25, -0.2) is 9.97 Å². The van der Waals surface area contributed by atoms with Gasteiger partial charge in [-0.15, -0.1) is 4.73 Å². The molecule has 0 amide bonds. The minimum atomic E-state index is 0.649. The smallest absolute Gasteiger partial charge is 0.179 e. The van der Waals surface area contributed by atoms with E-state index in [0.717, 1.165) is 66.5 Å². The molecule has 6 heteroatoms. The van der Waals surface area contributed by atoms with Crippen molar-refractivity contribution in [2.45, 2.75) is 4.90 Å². The van der Waals surface area contributed by atoms with Gasteiger partial charge in [-0.1, -0.05) is 89.3 Å². The van der Waals surface area contributed by atoms with Crippen LogP contribution in [0.1, 0.15) is 0 Å². The van der Waals surface area contributed by atoms with Crippen molar-refractivity contribution in [1.82, 2.24) is 9.71 Å². The summed E-state index contributed by atoms with van der Waals surface area (Å²) in [5.41, 5.74) is 6.35. The highest BCUT2D eigenvalue weighted by molar-refractivity contribution is 7.94. The SMILES string of the molecule is c1ccc(SOOn2cc(-c3cccc4c3oc3ccccc34)c3cc(-c4ccccc4)cnc32)cc1. The number of benzene rings is 4. The Morgan fingerprint density at radius 3 is 2.30 bits per heavy atom. The number of aromatic nitrogens is 2. The Kier molecular flexibility index (Phi) is 5.39. The lowest BCUT2D eigenvalue weighted by atomic mass is 10.0. The lowest BCUT2D eigenvalue weighted by Gasteiger charge is -2.05. The minimum Gasteiger partial charge on any atom is -0.455 e. The fourth-order valence-electron chi connectivity index (χ4n) is 4.66. The molecule has 0 aliphatic rings. The maximum absolute atomic E-state index is 6.34. The van der Waals surface area contributed by atoms with Gasteiger partial charge >= 0.3 is 0 Å². The second kappa shape index (κ2) is 9.17. The number of furan rings is 1. The van der Waals surface area contributed by atoms with Gasteiger partial charge in [-0.2, -0.15) is 0 Å². The maximum Gasteiger partial charge on any atom is 0.179 e. The fraction of sp³-hybridized carbons (Fsp3) is 0. The second-order valence-corrected chi connectivity index (χ2v) is 9.42. The molecule has 0 saturated heterocycles. The number of pyridine rings is 1. The van der Waals surface area contributed by atoms with Crippen LogP contribution in [0.2, 0.25) is 0 Å². The zero-order chi connectivity index (χ0) is 24.6. The van der Waals surface area contributed by atoms with Gasteiger partial charge in [0, 0.05) is 43.9 Å². The molecule has 0 aliphatic carbocycles. The van der Waals surface area contributed by atoms with Gasteiger partial charge in [0.05, 0.1) is 18.2 Å². The number of rotatable bonds is 6. The van der Waals surface area contributed by atoms with Crippen molar-refractivity contribution in [1.29, 1.82) is 0 Å². The lowest BCUT2D eigenvalue weighted by Crippen LogP contribution is -2.07. The summed E-state index contributed by atoms with van der Waals surface area (Å²) >= 11 is 1.15. The van der Waals surface area contributed by atoms with Crippen molar-refractivity contribution < 1.29 is 13.7 Å². The fourth-order valence-corrected chi connectivity index (χ4v) is 5.10. The van der Waals surface area contributed by atoms with Crippen LogP contribution < -0.4 is 4.99 Å². The molecule has 0 atom stereocenters. The predicted octanol–water partition coefficient (Wildman–Crippen LogP) is 8.34. The van der Waals surface area contributed by atoms with Gasteiger partial charge in [0.25, 0.3) is 0 Å². The Hall–Kier alpha value is -4.52. The Morgan fingerprint density at radius 1 is 0.676 bits per heavy atom. The summed E-state index contributed by atoms with van der Waals surface area (Å²) in [6, 6.07) is 36.5. The molecular formula is C31H20N2O3S. The number of para-hydroxylation sites is 2. The van der Waals surface area contributed by atoms with E-state index in [1.165, 1.54) is 0 Å². The first kappa shape index (κ1) is 21.7. The summed E-state index contributed by atoms with van der Waals surface area (Å²) < 4.78 is 13.4. The highest BCUT2D eigenvalue weighted by atomic mass is 32.2. The number of hydrogen-bond acceptors (Lipinski definition) is 5. The molecule has 3 aromatic heterocycles. The molecule has 0 saturated carbocycles. The summed E-state index contributed by atoms with van der Waals surface area (Å²) in [5.74, 6) is 0. The third kappa shape index (κ3) is 3.93. The summed E-state index contributed by atoms with van der Waals surface area (Å²) in [5, 5.41) is 3.09. The Morgan fingerprint density at radius 2 is 1.43 bits per heavy atom. The summed E-state index contributed by atoms with van der Waals surface area (Å²) in [7, 11) is 0. The quantitative estimate of drug-likeness (QED) is 0.130. The van der Waals surface area contributed by atoms with Crippen molar-refractivity contribution in [2.75, 3.05) is 0 Å². The van der Waals surface area contributed by atoms with Crippen LogP contribution >= 0.6 is 12.0 Å². The molecular weight excluding hydrogens is 480 g/mol. The molecule has 37 heavy (non-hydrogen) atoms. The first-order valence-corrected chi connectivity index (χ1v) is 12.6. The van der Waals surface area contributed by atoms with E-state index in [9.17, 15) is 0 Å². The highest BCUT2D eigenvalue weighted by Crippen LogP contribution is 2.39. The van der Waals surface area contributed by atoms with Crippen LogP contribution in [0.25, 0.3) is 55.2 Å². The van der Waals surface area contributed by atoms with Crippen LogP contribution in [0.15, 0.2) is 131 Å². The number of fused-ring (bicyclic) bond motifs is 4. The molecule has 0 aliphatic heterocycles. The monoisotopic (exact) mass is 500 g/mol. The van der Waals surface area contributed by atoms with E-state index in [-0.39, 0.29) is 0 Å². The van der Waals surface area contributed by atoms with E-state index in [1.54, 1.807) is 4.73 Å². The Balaban J connectivity index is 1.38. The molecule has 3 heterocycles. The molecule has 0 fully saturated rings. The normalized spacial score (nSPS) is 11.5. The Bertz CT molecular complexity index is 1860. The highest BCUT2D eigenvalue weighted by Gasteiger charge is 2.19. The van der Waals surface area contributed by atoms with Gasteiger partial charge in [0.1, 0.15) is 11.2 Å². The average Bonchev–Trinajstić information content (AvgIpc) is 3.52. The third-order valence-electron chi connectivity index (χ3n) is 6.40. The van der Waals surface area contributed by atoms with Crippen LogP contribution in [-0.2, 0) is 4.33 Å². The number of hydrogen-bond donors (Lipinski definition) is 0. The second-order valence-electron chi connectivity index (χ2n) is 8.65. The molecule has 0 unspecified atom stereocenters. The van der Waals surface area contributed by atoms with Crippen LogP contribution in [-0.4, -0.2) is 9.71 Å². The maximum atomic E-state index is 6.34. The molecule has 0 spiro atoms. The minimum absolute atomic E-state index is 0.649. The molecule has 0 bridgehead atoms. The van der Waals surface area contributed by atoms with Crippen molar-refractivity contribution in [3.8, 4) is 22.3 Å². The molecule has 0 radical (unpaired) electrons. The first-order chi connectivity index (χ1) is 18.3. The zero-order valence-corrected chi connectivity index (χ0v) is 20.4. The van der Waals surface area contributed by atoms with Crippen LogP contribution in [0.4, 0.5) is 0 Å². The van der Waals surface area contributed by atoms with Crippen LogP contribution in [0.3, 0.4) is 0 Å². The van der Waals surface area contributed by atoms with Gasteiger partial charge < -0.3 is 4.42 Å². The molecule has 178 valence electrons. The van der Waals surface area contributed by atoms with E-state index in [4.69, 9.17) is 18.7 Å². The Labute approximate surface area is 217 Å². The average molecular weight is 501 g/mol. The predicted molar refractivity (Wildman–Crippen MR) is 148 cm³/mol. The molecule has 0 N–H and O–H groups in total.